The van der Waals surface area contributed by atoms with Crippen molar-refractivity contribution in [1.29, 1.82) is 0 Å². The molecular weight excluding hydrogens is 344 g/mol. The lowest BCUT2D eigenvalue weighted by atomic mass is 9.93. The van der Waals surface area contributed by atoms with Crippen LogP contribution in [0.4, 0.5) is 0 Å². The lowest BCUT2D eigenvalue weighted by Crippen LogP contribution is -2.21. The molecule has 2 heterocycles. The summed E-state index contributed by atoms with van der Waals surface area (Å²) in [5, 5.41) is 0. The molecule has 1 atom stereocenters. The van der Waals surface area contributed by atoms with Crippen LogP contribution in [0.15, 0.2) is 42.0 Å². The molecule has 0 radical (unpaired) electrons. The predicted octanol–water partition coefficient (Wildman–Crippen LogP) is 4.64. The Hall–Kier alpha value is -2.95. The molecule has 2 aliphatic rings. The molecule has 0 fully saturated rings. The molecule has 0 aromatic heterocycles. The first-order chi connectivity index (χ1) is 13.1. The maximum absolute atomic E-state index is 12.8. The van der Waals surface area contributed by atoms with Gasteiger partial charge in [0.2, 0.25) is 6.79 Å². The van der Waals surface area contributed by atoms with E-state index in [1.807, 2.05) is 38.1 Å². The normalized spacial score (nSPS) is 17.1. The van der Waals surface area contributed by atoms with E-state index in [0.717, 1.165) is 16.9 Å². The number of hydrogen-bond donors (Lipinski definition) is 0. The van der Waals surface area contributed by atoms with Crippen LogP contribution < -0.4 is 18.9 Å². The minimum Gasteiger partial charge on any atom is -0.496 e. The first-order valence-electron chi connectivity index (χ1n) is 8.99. The molecule has 2 aliphatic heterocycles. The summed E-state index contributed by atoms with van der Waals surface area (Å²) in [4.78, 5) is 12.8. The third kappa shape index (κ3) is 3.25. The molecule has 0 amide bonds. The second-order valence-corrected chi connectivity index (χ2v) is 6.96. The fraction of sp³-hybridized carbons (Fsp3) is 0.318. The maximum atomic E-state index is 12.8. The van der Waals surface area contributed by atoms with Crippen LogP contribution in [0.25, 0.3) is 0 Å². The van der Waals surface area contributed by atoms with Crippen LogP contribution in [-0.2, 0) is 6.42 Å². The Balaban J connectivity index is 1.73. The topological polar surface area (TPSA) is 54.0 Å². The lowest BCUT2D eigenvalue weighted by Gasteiger charge is -2.28. The molecule has 0 bridgehead atoms. The van der Waals surface area contributed by atoms with E-state index in [2.05, 4.69) is 6.08 Å². The summed E-state index contributed by atoms with van der Waals surface area (Å²) < 4.78 is 22.7. The highest BCUT2D eigenvalue weighted by Gasteiger charge is 2.31. The van der Waals surface area contributed by atoms with Crippen molar-refractivity contribution in [3.63, 3.8) is 0 Å². The zero-order valence-electron chi connectivity index (χ0n) is 15.7. The summed E-state index contributed by atoms with van der Waals surface area (Å²) in [6.45, 7) is 4.31. The number of allylic oxidation sites excluding steroid dienone is 2. The zero-order valence-corrected chi connectivity index (χ0v) is 15.7. The van der Waals surface area contributed by atoms with Gasteiger partial charge in [-0.2, -0.15) is 0 Å². The molecule has 0 aliphatic carbocycles. The molecule has 5 nitrogen and oxygen atoms in total. The first kappa shape index (κ1) is 17.5. The second kappa shape index (κ2) is 6.99. The van der Waals surface area contributed by atoms with Crippen molar-refractivity contribution >= 4 is 5.78 Å². The van der Waals surface area contributed by atoms with Crippen LogP contribution >= 0.6 is 0 Å². The van der Waals surface area contributed by atoms with Crippen LogP contribution in [0.2, 0.25) is 0 Å². The smallest absolute Gasteiger partial charge is 0.231 e. The van der Waals surface area contributed by atoms with Crippen LogP contribution in [0, 0.1) is 0 Å². The molecule has 4 rings (SSSR count). The summed E-state index contributed by atoms with van der Waals surface area (Å²) in [5.74, 6) is 2.81. The molecular formula is C22H22O5. The minimum atomic E-state index is -0.364. The zero-order chi connectivity index (χ0) is 19.0. The number of ether oxygens (including phenoxy) is 4. The Morgan fingerprint density at radius 1 is 1.19 bits per heavy atom. The lowest BCUT2D eigenvalue weighted by molar-refractivity contribution is 0.0847. The van der Waals surface area contributed by atoms with E-state index in [9.17, 15) is 4.79 Å². The maximum Gasteiger partial charge on any atom is 0.231 e. The van der Waals surface area contributed by atoms with Gasteiger partial charge in [-0.15, -0.1) is 0 Å². The van der Waals surface area contributed by atoms with E-state index in [-0.39, 0.29) is 18.7 Å². The molecule has 0 spiro atoms. The molecule has 140 valence electrons. The van der Waals surface area contributed by atoms with E-state index in [1.165, 1.54) is 5.57 Å². The largest absolute Gasteiger partial charge is 0.496 e. The molecule has 27 heavy (non-hydrogen) atoms. The van der Waals surface area contributed by atoms with Crippen molar-refractivity contribution in [1.82, 2.24) is 0 Å². The van der Waals surface area contributed by atoms with Gasteiger partial charge in [0.05, 0.1) is 19.1 Å². The summed E-state index contributed by atoms with van der Waals surface area (Å²) >= 11 is 0. The Labute approximate surface area is 158 Å². The number of hydrogen-bond acceptors (Lipinski definition) is 5. The average molecular weight is 366 g/mol. The molecule has 5 heteroatoms. The highest BCUT2D eigenvalue weighted by Crippen LogP contribution is 2.43. The Kier molecular flexibility index (Phi) is 4.52. The molecule has 2 aromatic carbocycles. The van der Waals surface area contributed by atoms with Crippen LogP contribution in [-0.4, -0.2) is 19.7 Å². The Morgan fingerprint density at radius 3 is 2.78 bits per heavy atom. The quantitative estimate of drug-likeness (QED) is 0.738. The van der Waals surface area contributed by atoms with Crippen molar-refractivity contribution in [2.45, 2.75) is 32.8 Å². The average Bonchev–Trinajstić information content (AvgIpc) is 3.13. The number of Topliss-reactive ketones (excluding diaryl/α,β-unsaturated/α-hetero) is 1. The minimum absolute atomic E-state index is 0.0695. The van der Waals surface area contributed by atoms with Gasteiger partial charge in [-0.25, -0.2) is 0 Å². The van der Waals surface area contributed by atoms with Gasteiger partial charge in [0.15, 0.2) is 17.3 Å². The monoisotopic (exact) mass is 366 g/mol. The highest BCUT2D eigenvalue weighted by atomic mass is 16.7. The van der Waals surface area contributed by atoms with E-state index in [4.69, 9.17) is 18.9 Å². The van der Waals surface area contributed by atoms with Crippen molar-refractivity contribution < 1.29 is 23.7 Å². The highest BCUT2D eigenvalue weighted by molar-refractivity contribution is 6.00. The van der Waals surface area contributed by atoms with Crippen molar-refractivity contribution in [3.8, 4) is 23.0 Å². The number of carbonyl (C=O) groups excluding carboxylic acids is 1. The summed E-state index contributed by atoms with van der Waals surface area (Å²) in [6.07, 6.45) is 2.68. The van der Waals surface area contributed by atoms with Crippen LogP contribution in [0.3, 0.4) is 0 Å². The van der Waals surface area contributed by atoms with Gasteiger partial charge >= 0.3 is 0 Å². The van der Waals surface area contributed by atoms with Gasteiger partial charge in [0.25, 0.3) is 0 Å². The molecule has 0 saturated heterocycles. The third-order valence-electron chi connectivity index (χ3n) is 4.85. The molecule has 0 saturated carbocycles. The first-order valence-corrected chi connectivity index (χ1v) is 8.99. The van der Waals surface area contributed by atoms with Crippen molar-refractivity contribution in [2.24, 2.45) is 0 Å². The van der Waals surface area contributed by atoms with E-state index < -0.39 is 0 Å². The summed E-state index contributed by atoms with van der Waals surface area (Å²) in [6, 6.07) is 9.30. The van der Waals surface area contributed by atoms with Crippen molar-refractivity contribution in [2.75, 3.05) is 13.9 Å². The summed E-state index contributed by atoms with van der Waals surface area (Å²) in [5.41, 5.74) is 3.61. The SMILES string of the molecule is COc1ccc2c(c1CC=C(C)C)O[C@H](c1ccc3c(c1)OCO3)CC2=O. The van der Waals surface area contributed by atoms with Gasteiger partial charge in [-0.3, -0.25) is 4.79 Å². The number of methoxy groups -OCH3 is 1. The van der Waals surface area contributed by atoms with Crippen LogP contribution in [0.5, 0.6) is 23.0 Å². The van der Waals surface area contributed by atoms with Gasteiger partial charge in [-0.1, -0.05) is 17.7 Å². The molecule has 0 unspecified atom stereocenters. The van der Waals surface area contributed by atoms with E-state index in [1.54, 1.807) is 13.2 Å². The number of fused-ring (bicyclic) bond motifs is 2. The fourth-order valence-electron chi connectivity index (χ4n) is 3.42. The van der Waals surface area contributed by atoms with Crippen molar-refractivity contribution in [3.05, 3.63) is 58.7 Å². The number of ketones is 1. The Bertz CT molecular complexity index is 925. The standard InChI is InChI=1S/C22H22O5/c1-13(2)4-6-16-18(24-3)9-7-15-17(23)11-20(27-22(15)16)14-5-8-19-21(10-14)26-12-25-19/h4-5,7-10,20H,6,11-12H2,1-3H3/t20-/m0/s1. The Morgan fingerprint density at radius 2 is 2.00 bits per heavy atom. The molecule has 0 N–H and O–H groups in total. The molecule has 2 aromatic rings. The van der Waals surface area contributed by atoms with Gasteiger partial charge in [-0.05, 0) is 50.1 Å². The number of benzene rings is 2. The van der Waals surface area contributed by atoms with Gasteiger partial charge in [0, 0.05) is 5.56 Å². The van der Waals surface area contributed by atoms with E-state index >= 15 is 0 Å². The van der Waals surface area contributed by atoms with E-state index in [0.29, 0.717) is 35.7 Å². The number of rotatable bonds is 4. The second-order valence-electron chi connectivity index (χ2n) is 6.96. The number of carbonyl (C=O) groups is 1. The van der Waals surface area contributed by atoms with Gasteiger partial charge in [0.1, 0.15) is 17.6 Å². The van der Waals surface area contributed by atoms with Gasteiger partial charge < -0.3 is 18.9 Å². The fourth-order valence-corrected chi connectivity index (χ4v) is 3.42. The summed E-state index contributed by atoms with van der Waals surface area (Å²) in [7, 11) is 1.63. The predicted molar refractivity (Wildman–Crippen MR) is 101 cm³/mol. The van der Waals surface area contributed by atoms with Crippen LogP contribution in [0.1, 0.15) is 47.9 Å². The third-order valence-corrected chi connectivity index (χ3v) is 4.85.